The molecule has 0 aliphatic rings. The standard InChI is InChI=1S/C25H25N3O3S/c1-28(15-19-12-13-20(30-2)14-23(19)31-3)24(29)18-10-8-17(9-11-18)16-32-25-26-21-6-4-5-7-22(21)27-25/h4-14H,15-16H2,1-3H3,(H,26,27). The second-order valence-corrected chi connectivity index (χ2v) is 8.35. The van der Waals surface area contributed by atoms with E-state index in [0.717, 1.165) is 38.8 Å². The third kappa shape index (κ3) is 4.89. The normalized spacial score (nSPS) is 10.8. The quantitative estimate of drug-likeness (QED) is 0.379. The first kappa shape index (κ1) is 21.8. The number of amides is 1. The van der Waals surface area contributed by atoms with Crippen molar-refractivity contribution in [1.29, 1.82) is 0 Å². The molecule has 0 atom stereocenters. The van der Waals surface area contributed by atoms with E-state index in [1.165, 1.54) is 0 Å². The lowest BCUT2D eigenvalue weighted by Crippen LogP contribution is -2.26. The number of rotatable bonds is 8. The van der Waals surface area contributed by atoms with E-state index in [-0.39, 0.29) is 5.91 Å². The summed E-state index contributed by atoms with van der Waals surface area (Å²) in [5.41, 5.74) is 4.70. The number of aromatic nitrogens is 2. The molecule has 164 valence electrons. The van der Waals surface area contributed by atoms with Gasteiger partial charge in [0.05, 0.1) is 25.3 Å². The molecule has 6 nitrogen and oxygen atoms in total. The maximum absolute atomic E-state index is 12.9. The van der Waals surface area contributed by atoms with E-state index in [9.17, 15) is 4.79 Å². The van der Waals surface area contributed by atoms with Crippen LogP contribution in [0.1, 0.15) is 21.5 Å². The Bertz CT molecular complexity index is 1190. The molecule has 0 unspecified atom stereocenters. The van der Waals surface area contributed by atoms with Crippen LogP contribution in [0.2, 0.25) is 0 Å². The minimum Gasteiger partial charge on any atom is -0.497 e. The van der Waals surface area contributed by atoms with Crippen LogP contribution in [-0.2, 0) is 12.3 Å². The van der Waals surface area contributed by atoms with Gasteiger partial charge < -0.3 is 19.4 Å². The van der Waals surface area contributed by atoms with Gasteiger partial charge in [0, 0.05) is 36.5 Å². The van der Waals surface area contributed by atoms with E-state index in [2.05, 4.69) is 9.97 Å². The second-order valence-electron chi connectivity index (χ2n) is 7.38. The van der Waals surface area contributed by atoms with Gasteiger partial charge in [-0.15, -0.1) is 0 Å². The van der Waals surface area contributed by atoms with Gasteiger partial charge in [-0.3, -0.25) is 4.79 Å². The van der Waals surface area contributed by atoms with Crippen LogP contribution in [0.25, 0.3) is 11.0 Å². The highest BCUT2D eigenvalue weighted by atomic mass is 32.2. The van der Waals surface area contributed by atoms with E-state index in [1.54, 1.807) is 37.9 Å². The highest BCUT2D eigenvalue weighted by molar-refractivity contribution is 7.98. The van der Waals surface area contributed by atoms with Crippen LogP contribution >= 0.6 is 11.8 Å². The fourth-order valence-electron chi connectivity index (χ4n) is 3.42. The molecular formula is C25H25N3O3S. The predicted molar refractivity (Wildman–Crippen MR) is 127 cm³/mol. The average Bonchev–Trinajstić information content (AvgIpc) is 3.26. The summed E-state index contributed by atoms with van der Waals surface area (Å²) in [5, 5.41) is 0.888. The molecule has 0 aliphatic heterocycles. The fourth-order valence-corrected chi connectivity index (χ4v) is 4.26. The second kappa shape index (κ2) is 9.78. The zero-order valence-electron chi connectivity index (χ0n) is 18.3. The maximum Gasteiger partial charge on any atom is 0.253 e. The Kier molecular flexibility index (Phi) is 6.66. The number of fused-ring (bicyclic) bond motifs is 1. The van der Waals surface area contributed by atoms with Gasteiger partial charge in [-0.2, -0.15) is 0 Å². The molecule has 0 saturated carbocycles. The zero-order valence-corrected chi connectivity index (χ0v) is 19.1. The summed E-state index contributed by atoms with van der Waals surface area (Å²) in [5.74, 6) is 2.14. The first-order valence-corrected chi connectivity index (χ1v) is 11.2. The lowest BCUT2D eigenvalue weighted by Gasteiger charge is -2.19. The lowest BCUT2D eigenvalue weighted by molar-refractivity contribution is 0.0784. The Balaban J connectivity index is 1.38. The summed E-state index contributed by atoms with van der Waals surface area (Å²) in [6.45, 7) is 0.440. The Morgan fingerprint density at radius 1 is 1.03 bits per heavy atom. The molecule has 0 fully saturated rings. The molecule has 0 saturated heterocycles. The highest BCUT2D eigenvalue weighted by Gasteiger charge is 2.15. The van der Waals surface area contributed by atoms with Crippen LogP contribution in [0.4, 0.5) is 0 Å². The third-order valence-corrected chi connectivity index (χ3v) is 6.14. The molecule has 1 heterocycles. The summed E-state index contributed by atoms with van der Waals surface area (Å²) in [6, 6.07) is 21.3. The third-order valence-electron chi connectivity index (χ3n) is 5.19. The maximum atomic E-state index is 12.9. The van der Waals surface area contributed by atoms with Crippen LogP contribution in [-0.4, -0.2) is 42.0 Å². The number of ether oxygens (including phenoxy) is 2. The molecule has 0 bridgehead atoms. The van der Waals surface area contributed by atoms with Gasteiger partial charge in [0.25, 0.3) is 5.91 Å². The summed E-state index contributed by atoms with van der Waals surface area (Å²) >= 11 is 1.64. The van der Waals surface area contributed by atoms with E-state index < -0.39 is 0 Å². The number of imidazole rings is 1. The number of carbonyl (C=O) groups excluding carboxylic acids is 1. The number of thioether (sulfide) groups is 1. The molecule has 32 heavy (non-hydrogen) atoms. The van der Waals surface area contributed by atoms with Gasteiger partial charge in [0.2, 0.25) is 0 Å². The van der Waals surface area contributed by atoms with Crippen molar-refractivity contribution in [2.24, 2.45) is 0 Å². The van der Waals surface area contributed by atoms with Gasteiger partial charge in [-0.05, 0) is 42.0 Å². The van der Waals surface area contributed by atoms with Crippen LogP contribution in [0.3, 0.4) is 0 Å². The molecule has 7 heteroatoms. The largest absolute Gasteiger partial charge is 0.497 e. The molecule has 3 aromatic carbocycles. The number of nitrogens with zero attached hydrogens (tertiary/aromatic N) is 2. The molecule has 4 aromatic rings. The molecule has 1 aromatic heterocycles. The number of H-pyrrole nitrogens is 1. The Labute approximate surface area is 191 Å². The first-order valence-electron chi connectivity index (χ1n) is 10.2. The van der Waals surface area contributed by atoms with Gasteiger partial charge in [0.1, 0.15) is 11.5 Å². The van der Waals surface area contributed by atoms with Crippen molar-refractivity contribution in [2.75, 3.05) is 21.3 Å². The van der Waals surface area contributed by atoms with E-state index in [0.29, 0.717) is 17.9 Å². The minimum atomic E-state index is -0.0423. The van der Waals surface area contributed by atoms with E-state index in [4.69, 9.17) is 9.47 Å². The van der Waals surface area contributed by atoms with Crippen LogP contribution < -0.4 is 9.47 Å². The Morgan fingerprint density at radius 3 is 2.53 bits per heavy atom. The van der Waals surface area contributed by atoms with Crippen LogP contribution in [0.15, 0.2) is 71.9 Å². The van der Waals surface area contributed by atoms with Crippen molar-refractivity contribution in [3.05, 3.63) is 83.4 Å². The summed E-state index contributed by atoms with van der Waals surface area (Å²) in [6.07, 6.45) is 0. The average molecular weight is 448 g/mol. The number of nitrogens with one attached hydrogen (secondary N) is 1. The smallest absolute Gasteiger partial charge is 0.253 e. The highest BCUT2D eigenvalue weighted by Crippen LogP contribution is 2.26. The first-order chi connectivity index (χ1) is 15.6. The van der Waals surface area contributed by atoms with Crippen molar-refractivity contribution in [3.8, 4) is 11.5 Å². The van der Waals surface area contributed by atoms with Crippen molar-refractivity contribution in [2.45, 2.75) is 17.5 Å². The number of benzene rings is 3. The zero-order chi connectivity index (χ0) is 22.5. The number of aromatic amines is 1. The van der Waals surface area contributed by atoms with Gasteiger partial charge in [0.15, 0.2) is 5.16 Å². The molecule has 0 radical (unpaired) electrons. The minimum absolute atomic E-state index is 0.0423. The van der Waals surface area contributed by atoms with Crippen molar-refractivity contribution < 1.29 is 14.3 Å². The van der Waals surface area contributed by atoms with E-state index >= 15 is 0 Å². The fraction of sp³-hybridized carbons (Fsp3) is 0.200. The van der Waals surface area contributed by atoms with Crippen molar-refractivity contribution in [1.82, 2.24) is 14.9 Å². The number of hydrogen-bond donors (Lipinski definition) is 1. The number of methoxy groups -OCH3 is 2. The molecule has 1 N–H and O–H groups in total. The summed E-state index contributed by atoms with van der Waals surface area (Å²) in [4.78, 5) is 22.5. The van der Waals surface area contributed by atoms with E-state index in [1.807, 2.05) is 66.7 Å². The number of carbonyl (C=O) groups is 1. The van der Waals surface area contributed by atoms with Gasteiger partial charge in [-0.25, -0.2) is 4.98 Å². The van der Waals surface area contributed by atoms with Gasteiger partial charge >= 0.3 is 0 Å². The lowest BCUT2D eigenvalue weighted by atomic mass is 10.1. The monoisotopic (exact) mass is 447 g/mol. The molecular weight excluding hydrogens is 422 g/mol. The topological polar surface area (TPSA) is 67.5 Å². The molecule has 0 spiro atoms. The molecule has 0 aliphatic carbocycles. The van der Waals surface area contributed by atoms with Crippen LogP contribution in [0, 0.1) is 0 Å². The molecule has 1 amide bonds. The van der Waals surface area contributed by atoms with Gasteiger partial charge in [-0.1, -0.05) is 36.0 Å². The van der Waals surface area contributed by atoms with Crippen LogP contribution in [0.5, 0.6) is 11.5 Å². The summed E-state index contributed by atoms with van der Waals surface area (Å²) in [7, 11) is 5.02. The number of para-hydroxylation sites is 2. The number of hydrogen-bond acceptors (Lipinski definition) is 5. The summed E-state index contributed by atoms with van der Waals surface area (Å²) < 4.78 is 10.7. The molecule has 4 rings (SSSR count). The van der Waals surface area contributed by atoms with Crippen molar-refractivity contribution in [3.63, 3.8) is 0 Å². The Hall–Kier alpha value is -3.45. The van der Waals surface area contributed by atoms with Crippen molar-refractivity contribution >= 4 is 28.7 Å². The Morgan fingerprint density at radius 2 is 1.81 bits per heavy atom. The predicted octanol–water partition coefficient (Wildman–Crippen LogP) is 5.14. The SMILES string of the molecule is COc1ccc(CN(C)C(=O)c2ccc(CSc3nc4ccccc4[nH]3)cc2)c(OC)c1.